The highest BCUT2D eigenvalue weighted by atomic mass is 32.1. The number of thiophene rings is 1. The molecule has 0 radical (unpaired) electrons. The van der Waals surface area contributed by atoms with Crippen LogP contribution in [0.15, 0.2) is 60.6 Å². The lowest BCUT2D eigenvalue weighted by Crippen LogP contribution is -2.45. The molecule has 1 atom stereocenters. The monoisotopic (exact) mass is 411 g/mol. The van der Waals surface area contributed by atoms with Crippen molar-refractivity contribution in [1.82, 2.24) is 15.5 Å². The quantitative estimate of drug-likeness (QED) is 0.503. The minimum Gasteiger partial charge on any atom is -0.386 e. The van der Waals surface area contributed by atoms with Gasteiger partial charge in [-0.05, 0) is 31.2 Å². The zero-order valence-electron chi connectivity index (χ0n) is 17.9. The number of rotatable bonds is 10. The number of nitrogens with one attached hydrogen (secondary N) is 3. The maximum absolute atomic E-state index is 3.60. The first kappa shape index (κ1) is 21.3. The standard InChI is InChI=1S/C23H33N5S/c1-5-6-13-27(4)14-12-25-17-22-26-16-18(2)28(22)23-20(24-3)15-21(29-23)19-10-8-7-9-11-19/h6-11,13,15-16,22,24-26H,5,12,14,17H2,1-4H3/b13-6-. The van der Waals surface area contributed by atoms with Crippen molar-refractivity contribution < 1.29 is 0 Å². The molecule has 3 N–H and O–H groups in total. The predicted octanol–water partition coefficient (Wildman–Crippen LogP) is 4.50. The fourth-order valence-corrected chi connectivity index (χ4v) is 4.68. The summed E-state index contributed by atoms with van der Waals surface area (Å²) < 4.78 is 0. The van der Waals surface area contributed by atoms with Gasteiger partial charge in [0.1, 0.15) is 11.2 Å². The number of hydrogen-bond donors (Lipinski definition) is 3. The first-order valence-corrected chi connectivity index (χ1v) is 11.1. The molecular weight excluding hydrogens is 378 g/mol. The SMILES string of the molecule is CC/C=C\N(C)CCNCC1NC=C(C)N1c1sc(-c2ccccc2)cc1NC. The molecule has 2 aromatic rings. The summed E-state index contributed by atoms with van der Waals surface area (Å²) in [6.45, 7) is 7.15. The lowest BCUT2D eigenvalue weighted by Gasteiger charge is -2.28. The van der Waals surface area contributed by atoms with Crippen LogP contribution in [0, 0.1) is 0 Å². The Morgan fingerprint density at radius 3 is 2.79 bits per heavy atom. The molecule has 0 bridgehead atoms. The topological polar surface area (TPSA) is 42.6 Å². The van der Waals surface area contributed by atoms with E-state index in [2.05, 4.69) is 102 Å². The Morgan fingerprint density at radius 2 is 2.07 bits per heavy atom. The summed E-state index contributed by atoms with van der Waals surface area (Å²) in [4.78, 5) is 5.90. The maximum Gasteiger partial charge on any atom is 0.121 e. The smallest absolute Gasteiger partial charge is 0.121 e. The predicted molar refractivity (Wildman–Crippen MR) is 127 cm³/mol. The third-order valence-corrected chi connectivity index (χ3v) is 6.19. The molecule has 0 spiro atoms. The zero-order valence-corrected chi connectivity index (χ0v) is 18.7. The van der Waals surface area contributed by atoms with E-state index in [0.717, 1.165) is 26.1 Å². The molecule has 0 fully saturated rings. The average molecular weight is 412 g/mol. The normalized spacial score (nSPS) is 16.2. The Bertz CT molecular complexity index is 827. The number of anilines is 2. The molecule has 0 saturated carbocycles. The summed E-state index contributed by atoms with van der Waals surface area (Å²) in [5.41, 5.74) is 3.66. The first-order chi connectivity index (χ1) is 14.1. The van der Waals surface area contributed by atoms with Crippen molar-refractivity contribution >= 4 is 22.0 Å². The Labute approximate surface area is 179 Å². The van der Waals surface area contributed by atoms with E-state index in [1.165, 1.54) is 26.8 Å². The molecule has 1 unspecified atom stereocenters. The molecule has 6 heteroatoms. The molecule has 1 aliphatic rings. The van der Waals surface area contributed by atoms with Crippen molar-refractivity contribution in [3.63, 3.8) is 0 Å². The summed E-state index contributed by atoms with van der Waals surface area (Å²) in [6, 6.07) is 12.8. The molecule has 0 aliphatic carbocycles. The highest BCUT2D eigenvalue weighted by Crippen LogP contribution is 2.43. The van der Waals surface area contributed by atoms with E-state index in [1.807, 2.05) is 18.4 Å². The summed E-state index contributed by atoms with van der Waals surface area (Å²) >= 11 is 1.83. The first-order valence-electron chi connectivity index (χ1n) is 10.3. The Kier molecular flexibility index (Phi) is 7.61. The lowest BCUT2D eigenvalue weighted by atomic mass is 10.2. The minimum atomic E-state index is 0.209. The molecule has 156 valence electrons. The zero-order chi connectivity index (χ0) is 20.6. The van der Waals surface area contributed by atoms with Crippen LogP contribution in [0.25, 0.3) is 10.4 Å². The summed E-state index contributed by atoms with van der Waals surface area (Å²) in [5, 5.41) is 11.8. The highest BCUT2D eigenvalue weighted by molar-refractivity contribution is 7.20. The maximum atomic E-state index is 3.60. The van der Waals surface area contributed by atoms with Gasteiger partial charge in [0, 0.05) is 50.5 Å². The van der Waals surface area contributed by atoms with E-state index in [0.29, 0.717) is 0 Å². The minimum absolute atomic E-state index is 0.209. The van der Waals surface area contributed by atoms with E-state index >= 15 is 0 Å². The van der Waals surface area contributed by atoms with E-state index < -0.39 is 0 Å². The summed E-state index contributed by atoms with van der Waals surface area (Å²) in [7, 11) is 4.12. The average Bonchev–Trinajstić information content (AvgIpc) is 3.33. The van der Waals surface area contributed by atoms with Crippen molar-refractivity contribution in [3.8, 4) is 10.4 Å². The highest BCUT2D eigenvalue weighted by Gasteiger charge is 2.28. The van der Waals surface area contributed by atoms with Crippen molar-refractivity contribution in [2.75, 3.05) is 43.9 Å². The summed E-state index contributed by atoms with van der Waals surface area (Å²) in [6.07, 6.45) is 7.74. The molecule has 1 aliphatic heterocycles. The van der Waals surface area contributed by atoms with Gasteiger partial charge in [-0.2, -0.15) is 0 Å². The Balaban J connectivity index is 1.67. The van der Waals surface area contributed by atoms with Gasteiger partial charge in [-0.15, -0.1) is 11.3 Å². The van der Waals surface area contributed by atoms with Crippen LogP contribution >= 0.6 is 11.3 Å². The van der Waals surface area contributed by atoms with Crippen LogP contribution in [0.5, 0.6) is 0 Å². The van der Waals surface area contributed by atoms with Gasteiger partial charge < -0.3 is 25.8 Å². The molecule has 2 heterocycles. The number of nitrogens with zero attached hydrogens (tertiary/aromatic N) is 2. The second-order valence-electron chi connectivity index (χ2n) is 7.26. The second-order valence-corrected chi connectivity index (χ2v) is 8.29. The third-order valence-electron chi connectivity index (χ3n) is 5.01. The largest absolute Gasteiger partial charge is 0.386 e. The van der Waals surface area contributed by atoms with Crippen LogP contribution in [0.4, 0.5) is 10.7 Å². The number of allylic oxidation sites excluding steroid dienone is 2. The van der Waals surface area contributed by atoms with Crippen LogP contribution < -0.4 is 20.9 Å². The van der Waals surface area contributed by atoms with E-state index in [9.17, 15) is 0 Å². The van der Waals surface area contributed by atoms with Gasteiger partial charge in [0.05, 0.1) is 5.69 Å². The second kappa shape index (κ2) is 10.4. The molecule has 29 heavy (non-hydrogen) atoms. The van der Waals surface area contributed by atoms with Crippen LogP contribution in [0.1, 0.15) is 20.3 Å². The third kappa shape index (κ3) is 5.34. The molecular formula is C23H33N5S. The van der Waals surface area contributed by atoms with E-state index in [-0.39, 0.29) is 6.17 Å². The van der Waals surface area contributed by atoms with Gasteiger partial charge in [0.25, 0.3) is 0 Å². The van der Waals surface area contributed by atoms with Crippen LogP contribution in [-0.4, -0.2) is 44.8 Å². The van der Waals surface area contributed by atoms with Gasteiger partial charge in [-0.3, -0.25) is 0 Å². The number of benzene rings is 1. The van der Waals surface area contributed by atoms with E-state index in [4.69, 9.17) is 0 Å². The molecule has 3 rings (SSSR count). The molecule has 0 amide bonds. The molecule has 1 aromatic heterocycles. The van der Waals surface area contributed by atoms with Crippen molar-refractivity contribution in [3.05, 3.63) is 60.6 Å². The van der Waals surface area contributed by atoms with Gasteiger partial charge in [-0.25, -0.2) is 0 Å². The fourth-order valence-electron chi connectivity index (χ4n) is 3.40. The molecule has 0 saturated heterocycles. The van der Waals surface area contributed by atoms with Crippen LogP contribution in [-0.2, 0) is 0 Å². The van der Waals surface area contributed by atoms with Gasteiger partial charge in [-0.1, -0.05) is 43.3 Å². The van der Waals surface area contributed by atoms with Crippen LogP contribution in [0.3, 0.4) is 0 Å². The van der Waals surface area contributed by atoms with Crippen molar-refractivity contribution in [2.45, 2.75) is 26.4 Å². The number of hydrogen-bond acceptors (Lipinski definition) is 6. The Morgan fingerprint density at radius 1 is 1.28 bits per heavy atom. The molecule has 1 aromatic carbocycles. The molecule has 5 nitrogen and oxygen atoms in total. The van der Waals surface area contributed by atoms with Gasteiger partial charge in [0.15, 0.2) is 0 Å². The Hall–Kier alpha value is -2.44. The van der Waals surface area contributed by atoms with Crippen molar-refractivity contribution in [2.24, 2.45) is 0 Å². The van der Waals surface area contributed by atoms with Crippen LogP contribution in [0.2, 0.25) is 0 Å². The summed E-state index contributed by atoms with van der Waals surface area (Å²) in [5.74, 6) is 0. The fraction of sp³-hybridized carbons (Fsp3) is 0.391. The lowest BCUT2D eigenvalue weighted by molar-refractivity contribution is 0.430. The number of likely N-dealkylation sites (N-methyl/N-ethyl adjacent to an activating group) is 1. The van der Waals surface area contributed by atoms with E-state index in [1.54, 1.807) is 0 Å². The van der Waals surface area contributed by atoms with Gasteiger partial charge in [0.2, 0.25) is 0 Å². The van der Waals surface area contributed by atoms with Gasteiger partial charge >= 0.3 is 0 Å². The van der Waals surface area contributed by atoms with Crippen molar-refractivity contribution in [1.29, 1.82) is 0 Å².